The highest BCUT2D eigenvalue weighted by molar-refractivity contribution is 5.87. The fourth-order valence-electron chi connectivity index (χ4n) is 6.90. The minimum Gasteiger partial charge on any atom is -0.462 e. The first-order valence-electron chi connectivity index (χ1n) is 14.2. The first-order chi connectivity index (χ1) is 19.4. The van der Waals surface area contributed by atoms with Gasteiger partial charge in [-0.15, -0.1) is 0 Å². The summed E-state index contributed by atoms with van der Waals surface area (Å²) in [6, 6.07) is 8.00. The van der Waals surface area contributed by atoms with Gasteiger partial charge in [0.2, 0.25) is 5.91 Å². The van der Waals surface area contributed by atoms with Crippen molar-refractivity contribution in [2.75, 3.05) is 44.7 Å². The lowest BCUT2D eigenvalue weighted by Gasteiger charge is -2.42. The predicted molar refractivity (Wildman–Crippen MR) is 150 cm³/mol. The molecule has 40 heavy (non-hydrogen) atoms. The van der Waals surface area contributed by atoms with Crippen LogP contribution in [-0.4, -0.2) is 77.6 Å². The number of ether oxygens (including phenoxy) is 1. The number of fused-ring (bicyclic) bond motifs is 3. The van der Waals surface area contributed by atoms with Gasteiger partial charge in [0, 0.05) is 48.6 Å². The number of carbonyl (C=O) groups excluding carboxylic acids is 1. The molecule has 6 rings (SSSR count). The Balaban J connectivity index is 1.34. The molecule has 2 aromatic rings. The van der Waals surface area contributed by atoms with Crippen LogP contribution in [0.5, 0.6) is 6.01 Å². The van der Waals surface area contributed by atoms with Crippen molar-refractivity contribution in [1.82, 2.24) is 19.8 Å². The van der Waals surface area contributed by atoms with Gasteiger partial charge >= 0.3 is 6.01 Å². The number of anilines is 1. The van der Waals surface area contributed by atoms with Crippen LogP contribution in [0.1, 0.15) is 48.1 Å². The molecular weight excluding hydrogens is 507 g/mol. The molecule has 9 heteroatoms. The van der Waals surface area contributed by atoms with Crippen LogP contribution in [-0.2, 0) is 23.1 Å². The number of aromatic nitrogens is 2. The fraction of sp³-hybridized carbons (Fsp3) is 0.484. The Hall–Kier alpha value is -3.77. The molecule has 1 unspecified atom stereocenters. The zero-order valence-electron chi connectivity index (χ0n) is 23.0. The van der Waals surface area contributed by atoms with Gasteiger partial charge in [0.15, 0.2) is 0 Å². The molecule has 0 radical (unpaired) electrons. The molecule has 2 aliphatic heterocycles. The second kappa shape index (κ2) is 10.7. The smallest absolute Gasteiger partial charge is 0.318 e. The summed E-state index contributed by atoms with van der Waals surface area (Å²) in [6.45, 7) is 6.79. The molecule has 0 N–H and O–H groups in total. The normalized spacial score (nSPS) is 25.5. The second-order valence-corrected chi connectivity index (χ2v) is 11.4. The number of likely N-dealkylation sites (tertiary alicyclic amines) is 1. The quantitative estimate of drug-likeness (QED) is 0.515. The molecule has 8 nitrogen and oxygen atoms in total. The van der Waals surface area contributed by atoms with Crippen LogP contribution in [0.25, 0.3) is 6.08 Å². The van der Waals surface area contributed by atoms with E-state index in [1.54, 1.807) is 11.0 Å². The van der Waals surface area contributed by atoms with E-state index in [2.05, 4.69) is 35.6 Å². The van der Waals surface area contributed by atoms with E-state index in [4.69, 9.17) is 14.7 Å². The van der Waals surface area contributed by atoms with Gasteiger partial charge in [-0.2, -0.15) is 15.2 Å². The number of carbonyl (C=O) groups is 1. The van der Waals surface area contributed by atoms with Gasteiger partial charge in [0.05, 0.1) is 24.2 Å². The van der Waals surface area contributed by atoms with Gasteiger partial charge in [-0.1, -0.05) is 30.9 Å². The maximum atomic E-state index is 14.6. The molecule has 1 spiro atoms. The molecule has 0 bridgehead atoms. The average Bonchev–Trinajstić information content (AvgIpc) is 3.54. The van der Waals surface area contributed by atoms with Crippen molar-refractivity contribution in [2.45, 2.75) is 56.0 Å². The van der Waals surface area contributed by atoms with Gasteiger partial charge in [-0.3, -0.25) is 4.79 Å². The van der Waals surface area contributed by atoms with Crippen molar-refractivity contribution in [3.05, 3.63) is 65.1 Å². The number of hydrogen-bond donors (Lipinski definition) is 0. The standard InChI is InChI=1S/C31H35FN6O2/c1-3-28(39)38-17-16-37(19-21(38)11-14-33)29-24-10-13-31(12-9-23-25(31)7-4-8-26(23)32)18-27(24)34-30(35-29)40-20-22-6-5-15-36(22)2/h3-4,7-9,12,21-22H,1,5-6,10-11,13,15-20H2,2H3/t21-,22-,31?/m0/s1. The summed E-state index contributed by atoms with van der Waals surface area (Å²) in [4.78, 5) is 28.6. The van der Waals surface area contributed by atoms with Crippen molar-refractivity contribution < 1.29 is 13.9 Å². The number of amides is 1. The van der Waals surface area contributed by atoms with Gasteiger partial charge < -0.3 is 19.4 Å². The van der Waals surface area contributed by atoms with Crippen LogP contribution >= 0.6 is 0 Å². The minimum absolute atomic E-state index is 0.157. The Kier molecular flexibility index (Phi) is 7.05. The Bertz CT molecular complexity index is 1400. The highest BCUT2D eigenvalue weighted by Gasteiger charge is 2.42. The van der Waals surface area contributed by atoms with Crippen LogP contribution in [0.15, 0.2) is 36.9 Å². The summed E-state index contributed by atoms with van der Waals surface area (Å²) in [6.07, 6.45) is 10.0. The van der Waals surface area contributed by atoms with Crippen LogP contribution in [0.4, 0.5) is 10.2 Å². The minimum atomic E-state index is -0.308. The third-order valence-electron chi connectivity index (χ3n) is 9.16. The summed E-state index contributed by atoms with van der Waals surface area (Å²) in [5.41, 5.74) is 3.38. The van der Waals surface area contributed by atoms with Crippen molar-refractivity contribution in [3.8, 4) is 12.1 Å². The molecule has 3 heterocycles. The number of likely N-dealkylation sites (N-methyl/N-ethyl adjacent to an activating group) is 1. The molecule has 1 amide bonds. The number of benzene rings is 1. The maximum absolute atomic E-state index is 14.6. The maximum Gasteiger partial charge on any atom is 0.318 e. The first kappa shape index (κ1) is 26.5. The van der Waals surface area contributed by atoms with Gasteiger partial charge in [-0.25, -0.2) is 4.39 Å². The largest absolute Gasteiger partial charge is 0.462 e. The predicted octanol–water partition coefficient (Wildman–Crippen LogP) is 3.66. The first-order valence-corrected chi connectivity index (χ1v) is 14.2. The lowest BCUT2D eigenvalue weighted by atomic mass is 9.70. The summed E-state index contributed by atoms with van der Waals surface area (Å²) in [5.74, 6) is 0.472. The van der Waals surface area contributed by atoms with E-state index in [0.717, 1.165) is 54.9 Å². The Morgan fingerprint density at radius 3 is 2.95 bits per heavy atom. The van der Waals surface area contributed by atoms with Crippen LogP contribution < -0.4 is 9.64 Å². The van der Waals surface area contributed by atoms with Crippen molar-refractivity contribution in [2.24, 2.45) is 0 Å². The number of nitriles is 1. The highest BCUT2D eigenvalue weighted by atomic mass is 19.1. The van der Waals surface area contributed by atoms with Crippen molar-refractivity contribution in [1.29, 1.82) is 5.26 Å². The number of piperazine rings is 1. The lowest BCUT2D eigenvalue weighted by Crippen LogP contribution is -2.55. The second-order valence-electron chi connectivity index (χ2n) is 11.4. The molecule has 2 aliphatic carbocycles. The van der Waals surface area contributed by atoms with E-state index in [-0.39, 0.29) is 29.6 Å². The Labute approximate surface area is 234 Å². The number of allylic oxidation sites excluding steroid dienone is 1. The number of nitrogens with zero attached hydrogens (tertiary/aromatic N) is 6. The monoisotopic (exact) mass is 542 g/mol. The zero-order valence-corrected chi connectivity index (χ0v) is 23.0. The van der Waals surface area contributed by atoms with Gasteiger partial charge in [0.1, 0.15) is 18.2 Å². The van der Waals surface area contributed by atoms with Crippen molar-refractivity contribution >= 4 is 17.8 Å². The van der Waals surface area contributed by atoms with E-state index in [1.807, 2.05) is 12.1 Å². The number of hydrogen-bond acceptors (Lipinski definition) is 7. The lowest BCUT2D eigenvalue weighted by molar-refractivity contribution is -0.128. The summed E-state index contributed by atoms with van der Waals surface area (Å²) >= 11 is 0. The highest BCUT2D eigenvalue weighted by Crippen LogP contribution is 2.47. The zero-order chi connectivity index (χ0) is 27.9. The van der Waals surface area contributed by atoms with Crippen LogP contribution in [0.3, 0.4) is 0 Å². The molecule has 2 saturated heterocycles. The third kappa shape index (κ3) is 4.64. The average molecular weight is 543 g/mol. The van der Waals surface area contributed by atoms with E-state index >= 15 is 0 Å². The Morgan fingerprint density at radius 2 is 2.17 bits per heavy atom. The number of rotatable bonds is 6. The summed E-state index contributed by atoms with van der Waals surface area (Å²) in [7, 11) is 2.12. The van der Waals surface area contributed by atoms with E-state index in [0.29, 0.717) is 50.3 Å². The summed E-state index contributed by atoms with van der Waals surface area (Å²) in [5, 5.41) is 9.48. The molecule has 1 aromatic heterocycles. The molecule has 2 fully saturated rings. The fourth-order valence-corrected chi connectivity index (χ4v) is 6.90. The van der Waals surface area contributed by atoms with E-state index in [9.17, 15) is 14.4 Å². The molecule has 0 saturated carbocycles. The summed E-state index contributed by atoms with van der Waals surface area (Å²) < 4.78 is 20.9. The topological polar surface area (TPSA) is 85.6 Å². The molecule has 208 valence electrons. The molecular formula is C31H35FN6O2. The Morgan fingerprint density at radius 1 is 1.30 bits per heavy atom. The third-order valence-corrected chi connectivity index (χ3v) is 9.16. The molecule has 3 atom stereocenters. The van der Waals surface area contributed by atoms with Crippen LogP contribution in [0.2, 0.25) is 0 Å². The van der Waals surface area contributed by atoms with Gasteiger partial charge in [0.25, 0.3) is 0 Å². The van der Waals surface area contributed by atoms with E-state index < -0.39 is 0 Å². The van der Waals surface area contributed by atoms with Crippen molar-refractivity contribution in [3.63, 3.8) is 0 Å². The molecule has 1 aromatic carbocycles. The van der Waals surface area contributed by atoms with E-state index in [1.165, 1.54) is 12.1 Å². The SMILES string of the molecule is C=CC(=O)N1CCN(c2nc(OC[C@@H]3CCCN3C)nc3c2CCC2(C=Cc4c(F)cccc42)C3)C[C@@H]1CC#N. The van der Waals surface area contributed by atoms with Crippen LogP contribution in [0, 0.1) is 17.1 Å². The molecule has 4 aliphatic rings. The van der Waals surface area contributed by atoms with Gasteiger partial charge in [-0.05, 0) is 57.0 Å². The number of halogens is 1.